The average Bonchev–Trinajstić information content (AvgIpc) is 2.44. The molecule has 1 atom stereocenters. The van der Waals surface area contributed by atoms with Crippen molar-refractivity contribution in [3.05, 3.63) is 35.9 Å². The van der Waals surface area contributed by atoms with Crippen molar-refractivity contribution >= 4 is 29.1 Å². The van der Waals surface area contributed by atoms with Gasteiger partial charge in [0.1, 0.15) is 0 Å². The molecule has 1 heterocycles. The maximum Gasteiger partial charge on any atom is 0.272 e. The highest BCUT2D eigenvalue weighted by Gasteiger charge is 2.48. The van der Waals surface area contributed by atoms with Gasteiger partial charge in [-0.3, -0.25) is 10.2 Å². The molecule has 0 saturated carbocycles. The summed E-state index contributed by atoms with van der Waals surface area (Å²) in [6, 6.07) is 8.92. The molecule has 1 aliphatic rings. The van der Waals surface area contributed by atoms with Gasteiger partial charge in [0.15, 0.2) is 0 Å². The molecule has 1 fully saturated rings. The summed E-state index contributed by atoms with van der Waals surface area (Å²) in [6.07, 6.45) is 0. The highest BCUT2D eigenvalue weighted by atomic mass is 35.5. The largest absolute Gasteiger partial charge is 0.288 e. The molecule has 2 N–H and O–H groups in total. The lowest BCUT2D eigenvalue weighted by Crippen LogP contribution is -2.29. The van der Waals surface area contributed by atoms with Crippen LogP contribution in [0.3, 0.4) is 0 Å². The molecule has 1 unspecified atom stereocenters. The van der Waals surface area contributed by atoms with E-state index in [2.05, 4.69) is 10.9 Å². The second-order valence-electron chi connectivity index (χ2n) is 3.07. The quantitative estimate of drug-likeness (QED) is 0.719. The normalized spacial score (nSPS) is 24.7. The van der Waals surface area contributed by atoms with E-state index in [1.165, 1.54) is 0 Å². The molecular formula is C9H8Cl2N2O. The number of rotatable bonds is 1. The molecular weight excluding hydrogens is 223 g/mol. The van der Waals surface area contributed by atoms with Gasteiger partial charge in [-0.05, 0) is 5.56 Å². The molecule has 3 nitrogen and oxygen atoms in total. The topological polar surface area (TPSA) is 41.1 Å². The summed E-state index contributed by atoms with van der Waals surface area (Å²) in [6.45, 7) is 0. The standard InChI is InChI=1S/C9H8Cl2N2O/c10-9(11)7(12-13-8(9)14)6-4-2-1-3-5-6/h1-5,7,12H,(H,13,14). The number of nitrogens with one attached hydrogen (secondary N) is 2. The smallest absolute Gasteiger partial charge is 0.272 e. The number of hydrogen-bond donors (Lipinski definition) is 2. The number of halogens is 2. The molecule has 1 saturated heterocycles. The average molecular weight is 231 g/mol. The molecule has 0 spiro atoms. The van der Waals surface area contributed by atoms with Crippen LogP contribution >= 0.6 is 23.2 Å². The van der Waals surface area contributed by atoms with E-state index in [9.17, 15) is 4.79 Å². The van der Waals surface area contributed by atoms with Gasteiger partial charge in [-0.2, -0.15) is 0 Å². The van der Waals surface area contributed by atoms with Gasteiger partial charge in [0, 0.05) is 0 Å². The minimum absolute atomic E-state index is 0.417. The van der Waals surface area contributed by atoms with E-state index in [0.717, 1.165) is 5.56 Å². The van der Waals surface area contributed by atoms with E-state index in [1.54, 1.807) is 0 Å². The summed E-state index contributed by atoms with van der Waals surface area (Å²) < 4.78 is -1.44. The molecule has 1 aliphatic heterocycles. The van der Waals surface area contributed by atoms with Gasteiger partial charge in [0.05, 0.1) is 6.04 Å². The lowest BCUT2D eigenvalue weighted by molar-refractivity contribution is -0.120. The van der Waals surface area contributed by atoms with E-state index in [0.29, 0.717) is 0 Å². The minimum atomic E-state index is -1.44. The first-order valence-electron chi connectivity index (χ1n) is 4.11. The van der Waals surface area contributed by atoms with Crippen LogP contribution in [0.5, 0.6) is 0 Å². The first-order valence-corrected chi connectivity index (χ1v) is 4.86. The summed E-state index contributed by atoms with van der Waals surface area (Å²) in [5, 5.41) is 0. The molecule has 0 aliphatic carbocycles. The van der Waals surface area contributed by atoms with Crippen LogP contribution in [0.25, 0.3) is 0 Å². The number of hydrazine groups is 1. The summed E-state index contributed by atoms with van der Waals surface area (Å²) in [5.41, 5.74) is 6.03. The number of carbonyl (C=O) groups is 1. The third-order valence-electron chi connectivity index (χ3n) is 2.13. The van der Waals surface area contributed by atoms with Crippen molar-refractivity contribution in [1.82, 2.24) is 10.9 Å². The van der Waals surface area contributed by atoms with Gasteiger partial charge in [0.2, 0.25) is 4.33 Å². The number of benzene rings is 1. The zero-order valence-corrected chi connectivity index (χ0v) is 8.64. The second-order valence-corrected chi connectivity index (χ2v) is 4.45. The number of amides is 1. The Bertz CT molecular complexity index is 353. The molecule has 0 aromatic heterocycles. The van der Waals surface area contributed by atoms with Crippen LogP contribution in [0, 0.1) is 0 Å². The van der Waals surface area contributed by atoms with Crippen molar-refractivity contribution in [2.45, 2.75) is 10.4 Å². The third kappa shape index (κ3) is 1.47. The fourth-order valence-corrected chi connectivity index (χ4v) is 1.84. The zero-order valence-electron chi connectivity index (χ0n) is 7.13. The molecule has 1 aromatic carbocycles. The van der Waals surface area contributed by atoms with E-state index in [4.69, 9.17) is 23.2 Å². The van der Waals surface area contributed by atoms with Crippen LogP contribution in [-0.4, -0.2) is 10.2 Å². The molecule has 0 bridgehead atoms. The first-order chi connectivity index (χ1) is 6.62. The van der Waals surface area contributed by atoms with Crippen molar-refractivity contribution in [2.75, 3.05) is 0 Å². The fourth-order valence-electron chi connectivity index (χ4n) is 1.38. The van der Waals surface area contributed by atoms with Crippen LogP contribution in [0.2, 0.25) is 0 Å². The summed E-state index contributed by atoms with van der Waals surface area (Å²) in [5.74, 6) is -0.422. The van der Waals surface area contributed by atoms with E-state index in [1.807, 2.05) is 30.3 Å². The minimum Gasteiger partial charge on any atom is -0.288 e. The Kier molecular flexibility index (Phi) is 2.39. The van der Waals surface area contributed by atoms with Gasteiger partial charge in [-0.25, -0.2) is 5.43 Å². The van der Waals surface area contributed by atoms with Crippen LogP contribution in [0.1, 0.15) is 11.6 Å². The summed E-state index contributed by atoms with van der Waals surface area (Å²) in [4.78, 5) is 11.2. The fraction of sp³-hybridized carbons (Fsp3) is 0.222. The maximum atomic E-state index is 11.2. The predicted molar refractivity (Wildman–Crippen MR) is 54.9 cm³/mol. The Morgan fingerprint density at radius 3 is 2.36 bits per heavy atom. The van der Waals surface area contributed by atoms with Crippen molar-refractivity contribution in [3.63, 3.8) is 0 Å². The van der Waals surface area contributed by atoms with Gasteiger partial charge >= 0.3 is 0 Å². The third-order valence-corrected chi connectivity index (χ3v) is 2.91. The Labute approximate surface area is 91.4 Å². The van der Waals surface area contributed by atoms with Crippen LogP contribution in [-0.2, 0) is 4.79 Å². The van der Waals surface area contributed by atoms with Gasteiger partial charge in [-0.1, -0.05) is 53.5 Å². The molecule has 1 aromatic rings. The van der Waals surface area contributed by atoms with Gasteiger partial charge < -0.3 is 0 Å². The maximum absolute atomic E-state index is 11.2. The molecule has 5 heteroatoms. The van der Waals surface area contributed by atoms with Crippen molar-refractivity contribution < 1.29 is 4.79 Å². The monoisotopic (exact) mass is 230 g/mol. The highest BCUT2D eigenvalue weighted by Crippen LogP contribution is 2.38. The van der Waals surface area contributed by atoms with Crippen molar-refractivity contribution in [2.24, 2.45) is 0 Å². The Hall–Kier alpha value is -0.770. The van der Waals surface area contributed by atoms with E-state index < -0.39 is 16.3 Å². The Morgan fingerprint density at radius 2 is 1.86 bits per heavy atom. The van der Waals surface area contributed by atoms with Crippen molar-refractivity contribution in [3.8, 4) is 0 Å². The molecule has 14 heavy (non-hydrogen) atoms. The summed E-state index contributed by atoms with van der Waals surface area (Å²) >= 11 is 11.8. The number of carbonyl (C=O) groups excluding carboxylic acids is 1. The second kappa shape index (κ2) is 3.42. The summed E-state index contributed by atoms with van der Waals surface area (Å²) in [7, 11) is 0. The van der Waals surface area contributed by atoms with Crippen molar-refractivity contribution in [1.29, 1.82) is 0 Å². The molecule has 0 radical (unpaired) electrons. The van der Waals surface area contributed by atoms with Crippen LogP contribution in [0.4, 0.5) is 0 Å². The molecule has 2 rings (SSSR count). The van der Waals surface area contributed by atoms with Crippen LogP contribution in [0.15, 0.2) is 30.3 Å². The van der Waals surface area contributed by atoms with E-state index in [-0.39, 0.29) is 0 Å². The lowest BCUT2D eigenvalue weighted by atomic mass is 10.0. The first kappa shape index (κ1) is 9.77. The predicted octanol–water partition coefficient (Wildman–Crippen LogP) is 1.54. The SMILES string of the molecule is O=C1NNC(c2ccccc2)C1(Cl)Cl. The number of hydrogen-bond acceptors (Lipinski definition) is 2. The zero-order chi connectivity index (χ0) is 10.2. The van der Waals surface area contributed by atoms with Gasteiger partial charge in [-0.15, -0.1) is 0 Å². The molecule has 1 amide bonds. The van der Waals surface area contributed by atoms with Gasteiger partial charge in [0.25, 0.3) is 5.91 Å². The molecule has 74 valence electrons. The van der Waals surface area contributed by atoms with E-state index >= 15 is 0 Å². The Morgan fingerprint density at radius 1 is 1.21 bits per heavy atom. The number of alkyl halides is 2. The lowest BCUT2D eigenvalue weighted by Gasteiger charge is -2.18. The highest BCUT2D eigenvalue weighted by molar-refractivity contribution is 6.59. The van der Waals surface area contributed by atoms with Crippen LogP contribution < -0.4 is 10.9 Å². The Balaban J connectivity index is 2.33.